The van der Waals surface area contributed by atoms with Gasteiger partial charge in [-0.2, -0.15) is 0 Å². The number of fused-ring (bicyclic) bond motifs is 1. The van der Waals surface area contributed by atoms with Gasteiger partial charge in [-0.3, -0.25) is 9.52 Å². The second-order valence-electron chi connectivity index (χ2n) is 8.28. The molecule has 0 aliphatic heterocycles. The number of hydrogen-bond acceptors (Lipinski definition) is 3. The zero-order chi connectivity index (χ0) is 23.4. The summed E-state index contributed by atoms with van der Waals surface area (Å²) in [6.07, 6.45) is 5.33. The number of rotatable bonds is 7. The van der Waals surface area contributed by atoms with Gasteiger partial charge in [0.1, 0.15) is 0 Å². The fourth-order valence-electron chi connectivity index (χ4n) is 4.20. The first-order valence-electron chi connectivity index (χ1n) is 11.2. The Kier molecular flexibility index (Phi) is 7.05. The van der Waals surface area contributed by atoms with E-state index >= 15 is 0 Å². The van der Waals surface area contributed by atoms with Crippen LogP contribution in [-0.2, 0) is 22.9 Å². The Morgan fingerprint density at radius 1 is 0.970 bits per heavy atom. The molecule has 0 saturated carbocycles. The summed E-state index contributed by atoms with van der Waals surface area (Å²) in [6, 6.07) is 18.9. The number of hydrogen-bond donors (Lipinski definition) is 2. The molecule has 172 valence electrons. The van der Waals surface area contributed by atoms with Crippen molar-refractivity contribution in [2.45, 2.75) is 50.0 Å². The molecule has 5 nitrogen and oxygen atoms in total. The molecule has 0 unspecified atom stereocenters. The van der Waals surface area contributed by atoms with Gasteiger partial charge in [-0.1, -0.05) is 54.9 Å². The van der Waals surface area contributed by atoms with Gasteiger partial charge in [0.2, 0.25) is 0 Å². The summed E-state index contributed by atoms with van der Waals surface area (Å²) in [5.74, 6) is -0.342. The molecule has 3 aromatic rings. The van der Waals surface area contributed by atoms with E-state index < -0.39 is 10.0 Å². The van der Waals surface area contributed by atoms with E-state index in [1.54, 1.807) is 24.3 Å². The van der Waals surface area contributed by atoms with Crippen LogP contribution in [0, 0.1) is 0 Å². The molecular formula is C26H27ClN2O3S. The maximum atomic E-state index is 13.1. The van der Waals surface area contributed by atoms with E-state index in [2.05, 4.69) is 28.2 Å². The number of benzene rings is 3. The highest BCUT2D eigenvalue weighted by molar-refractivity contribution is 7.92. The maximum absolute atomic E-state index is 13.1. The molecule has 0 fully saturated rings. The molecule has 0 spiro atoms. The highest BCUT2D eigenvalue weighted by Gasteiger charge is 2.20. The molecule has 0 radical (unpaired) electrons. The number of carbonyl (C=O) groups excluding carboxylic acids is 1. The molecule has 3 aromatic carbocycles. The molecule has 1 amide bonds. The number of halogens is 1. The van der Waals surface area contributed by atoms with Gasteiger partial charge in [0.25, 0.3) is 15.9 Å². The van der Waals surface area contributed by atoms with Gasteiger partial charge >= 0.3 is 0 Å². The van der Waals surface area contributed by atoms with Crippen LogP contribution >= 0.6 is 11.6 Å². The van der Waals surface area contributed by atoms with Crippen LogP contribution in [-0.4, -0.2) is 14.3 Å². The van der Waals surface area contributed by atoms with Crippen molar-refractivity contribution in [2.24, 2.45) is 0 Å². The topological polar surface area (TPSA) is 75.3 Å². The van der Waals surface area contributed by atoms with E-state index in [1.807, 2.05) is 6.92 Å². The van der Waals surface area contributed by atoms with Gasteiger partial charge in [-0.25, -0.2) is 8.42 Å². The van der Waals surface area contributed by atoms with Crippen molar-refractivity contribution in [1.29, 1.82) is 0 Å². The lowest BCUT2D eigenvalue weighted by molar-refractivity contribution is 0.0935. The van der Waals surface area contributed by atoms with Crippen LogP contribution in [0.3, 0.4) is 0 Å². The molecule has 1 aliphatic carbocycles. The Labute approximate surface area is 200 Å². The SMILES string of the molecule is CC[C@@H](NC(=O)c1cc(NS(=O)(=O)c2ccccc2)ccc1Cl)c1ccc2c(c1)CCCC2. The summed E-state index contributed by atoms with van der Waals surface area (Å²) < 4.78 is 27.8. The van der Waals surface area contributed by atoms with E-state index in [9.17, 15) is 13.2 Å². The van der Waals surface area contributed by atoms with Crippen molar-refractivity contribution in [3.63, 3.8) is 0 Å². The third-order valence-electron chi connectivity index (χ3n) is 6.01. The summed E-state index contributed by atoms with van der Waals surface area (Å²) in [7, 11) is -3.77. The Morgan fingerprint density at radius 2 is 1.70 bits per heavy atom. The Morgan fingerprint density at radius 3 is 2.42 bits per heavy atom. The first-order valence-corrected chi connectivity index (χ1v) is 13.0. The Bertz CT molecular complexity index is 1260. The Hall–Kier alpha value is -2.83. The summed E-state index contributed by atoms with van der Waals surface area (Å²) in [5.41, 5.74) is 4.33. The Balaban J connectivity index is 1.54. The molecule has 2 N–H and O–H groups in total. The molecule has 0 heterocycles. The third-order valence-corrected chi connectivity index (χ3v) is 7.73. The first-order chi connectivity index (χ1) is 15.9. The van der Waals surface area contributed by atoms with E-state index in [4.69, 9.17) is 11.6 Å². The highest BCUT2D eigenvalue weighted by atomic mass is 35.5. The minimum absolute atomic E-state index is 0.143. The van der Waals surface area contributed by atoms with E-state index in [-0.39, 0.29) is 33.1 Å². The quantitative estimate of drug-likeness (QED) is 0.440. The molecule has 0 aromatic heterocycles. The summed E-state index contributed by atoms with van der Waals surface area (Å²) >= 11 is 6.31. The second-order valence-corrected chi connectivity index (χ2v) is 10.4. The maximum Gasteiger partial charge on any atom is 0.261 e. The van der Waals surface area contributed by atoms with Crippen LogP contribution in [0.4, 0.5) is 5.69 Å². The molecule has 4 rings (SSSR count). The average molecular weight is 483 g/mol. The number of nitrogens with one attached hydrogen (secondary N) is 2. The van der Waals surface area contributed by atoms with Gasteiger partial charge in [-0.15, -0.1) is 0 Å². The number of amides is 1. The first kappa shape index (κ1) is 23.3. The average Bonchev–Trinajstić information content (AvgIpc) is 2.83. The van der Waals surface area contributed by atoms with Crippen molar-refractivity contribution < 1.29 is 13.2 Å². The van der Waals surface area contributed by atoms with Crippen molar-refractivity contribution >= 4 is 33.2 Å². The number of aryl methyl sites for hydroxylation is 2. The molecule has 1 aliphatic rings. The van der Waals surface area contributed by atoms with Crippen molar-refractivity contribution in [1.82, 2.24) is 5.32 Å². The van der Waals surface area contributed by atoms with Crippen LogP contribution in [0.5, 0.6) is 0 Å². The highest BCUT2D eigenvalue weighted by Crippen LogP contribution is 2.28. The second kappa shape index (κ2) is 9.98. The molecule has 0 saturated heterocycles. The van der Waals surface area contributed by atoms with E-state index in [0.29, 0.717) is 0 Å². The summed E-state index contributed by atoms with van der Waals surface area (Å²) in [4.78, 5) is 13.3. The zero-order valence-corrected chi connectivity index (χ0v) is 20.0. The molecule has 0 bridgehead atoms. The lowest BCUT2D eigenvalue weighted by atomic mass is 9.88. The molecule has 33 heavy (non-hydrogen) atoms. The van der Waals surface area contributed by atoms with Crippen molar-refractivity contribution in [2.75, 3.05) is 4.72 Å². The number of carbonyl (C=O) groups is 1. The van der Waals surface area contributed by atoms with Crippen molar-refractivity contribution in [3.05, 3.63) is 94.0 Å². The van der Waals surface area contributed by atoms with Gasteiger partial charge in [0, 0.05) is 5.69 Å². The van der Waals surface area contributed by atoms with Gasteiger partial charge in [0.15, 0.2) is 0 Å². The van der Waals surface area contributed by atoms with Crippen LogP contribution in [0.25, 0.3) is 0 Å². The largest absolute Gasteiger partial charge is 0.345 e. The molecule has 7 heteroatoms. The minimum atomic E-state index is -3.77. The van der Waals surface area contributed by atoms with Crippen LogP contribution in [0.15, 0.2) is 71.6 Å². The van der Waals surface area contributed by atoms with Gasteiger partial charge < -0.3 is 5.32 Å². The van der Waals surface area contributed by atoms with Gasteiger partial charge in [-0.05, 0) is 79.1 Å². The lowest BCUT2D eigenvalue weighted by Crippen LogP contribution is -2.28. The smallest absolute Gasteiger partial charge is 0.261 e. The van der Waals surface area contributed by atoms with Crippen molar-refractivity contribution in [3.8, 4) is 0 Å². The standard InChI is InChI=1S/C26H27ClN2O3S/c1-2-25(20-13-12-18-8-6-7-9-19(18)16-20)28-26(30)23-17-21(14-15-24(23)27)29-33(31,32)22-10-4-3-5-11-22/h3-5,10-17,25,29H,2,6-9H2,1H3,(H,28,30)/t25-/m1/s1. The van der Waals surface area contributed by atoms with Crippen LogP contribution < -0.4 is 10.0 Å². The lowest BCUT2D eigenvalue weighted by Gasteiger charge is -2.22. The zero-order valence-electron chi connectivity index (χ0n) is 18.5. The predicted octanol–water partition coefficient (Wildman–Crippen LogP) is 5.90. The fraction of sp³-hybridized carbons (Fsp3) is 0.269. The molecule has 1 atom stereocenters. The minimum Gasteiger partial charge on any atom is -0.345 e. The number of sulfonamides is 1. The third kappa shape index (κ3) is 5.40. The fourth-order valence-corrected chi connectivity index (χ4v) is 5.48. The monoisotopic (exact) mass is 482 g/mol. The van der Waals surface area contributed by atoms with E-state index in [1.165, 1.54) is 48.2 Å². The molecular weight excluding hydrogens is 456 g/mol. The predicted molar refractivity (Wildman–Crippen MR) is 132 cm³/mol. The normalized spacial score (nSPS) is 14.2. The number of anilines is 1. The van der Waals surface area contributed by atoms with Crippen LogP contribution in [0.2, 0.25) is 5.02 Å². The van der Waals surface area contributed by atoms with E-state index in [0.717, 1.165) is 24.8 Å². The summed E-state index contributed by atoms with van der Waals surface area (Å²) in [5, 5.41) is 3.33. The van der Waals surface area contributed by atoms with Gasteiger partial charge in [0.05, 0.1) is 21.5 Å². The van der Waals surface area contributed by atoms with Crippen LogP contribution in [0.1, 0.15) is 59.3 Å². The summed E-state index contributed by atoms with van der Waals surface area (Å²) in [6.45, 7) is 2.02.